The van der Waals surface area contributed by atoms with Gasteiger partial charge >= 0.3 is 12.1 Å². The Morgan fingerprint density at radius 1 is 1.14 bits per heavy atom. The minimum atomic E-state index is -1.09. The van der Waals surface area contributed by atoms with E-state index in [1.165, 1.54) is 6.08 Å². The van der Waals surface area contributed by atoms with E-state index in [1.54, 1.807) is 48.5 Å². The summed E-state index contributed by atoms with van der Waals surface area (Å²) in [6.45, 7) is -0.0807. The maximum absolute atomic E-state index is 12.3. The average molecular weight is 450 g/mol. The molecule has 0 aliphatic carbocycles. The van der Waals surface area contributed by atoms with Crippen LogP contribution in [0.5, 0.6) is 5.75 Å². The largest absolute Gasteiger partial charge is 0.491 e. The summed E-state index contributed by atoms with van der Waals surface area (Å²) < 4.78 is 11.9. The lowest BCUT2D eigenvalue weighted by atomic mass is 10.0. The number of anilines is 1. The zero-order valence-corrected chi connectivity index (χ0v) is 16.5. The van der Waals surface area contributed by atoms with Crippen LogP contribution >= 0.6 is 15.9 Å². The minimum Gasteiger partial charge on any atom is -0.491 e. The van der Waals surface area contributed by atoms with Gasteiger partial charge in [0.25, 0.3) is 0 Å². The van der Waals surface area contributed by atoms with Gasteiger partial charge in [0.1, 0.15) is 18.5 Å². The molecule has 28 heavy (non-hydrogen) atoms. The van der Waals surface area contributed by atoms with Gasteiger partial charge in [0, 0.05) is 28.2 Å². The molecular weight excluding hydrogens is 430 g/mol. The van der Waals surface area contributed by atoms with E-state index in [-0.39, 0.29) is 19.6 Å². The van der Waals surface area contributed by atoms with Crippen LogP contribution in [0.15, 0.2) is 65.2 Å². The molecule has 0 unspecified atom stereocenters. The van der Waals surface area contributed by atoms with Crippen LogP contribution in [-0.4, -0.2) is 35.5 Å². The highest BCUT2D eigenvalue weighted by atomic mass is 79.9. The number of carboxylic acid groups (broad SMARTS) is 1. The predicted octanol–water partition coefficient (Wildman–Crippen LogP) is 4.14. The number of aliphatic carboxylic acids is 1. The van der Waals surface area contributed by atoms with Crippen molar-refractivity contribution in [3.05, 3.63) is 70.7 Å². The molecule has 2 aromatic rings. The van der Waals surface area contributed by atoms with Gasteiger partial charge in [0.05, 0.1) is 6.61 Å². The number of rotatable bonds is 9. The van der Waals surface area contributed by atoms with Gasteiger partial charge in [0.15, 0.2) is 0 Å². The fourth-order valence-electron chi connectivity index (χ4n) is 2.37. The van der Waals surface area contributed by atoms with Gasteiger partial charge in [-0.05, 0) is 30.3 Å². The van der Waals surface area contributed by atoms with Gasteiger partial charge in [-0.3, -0.25) is 5.32 Å². The molecule has 7 nitrogen and oxygen atoms in total. The van der Waals surface area contributed by atoms with Gasteiger partial charge in [0.2, 0.25) is 0 Å². The lowest BCUT2D eigenvalue weighted by Gasteiger charge is -2.20. The van der Waals surface area contributed by atoms with Gasteiger partial charge < -0.3 is 19.7 Å². The summed E-state index contributed by atoms with van der Waals surface area (Å²) in [5.41, 5.74) is 1.12. The number of carbonyl (C=O) groups is 2. The second-order valence-electron chi connectivity index (χ2n) is 5.61. The number of nitrogens with one attached hydrogen (secondary N) is 1. The molecule has 0 saturated carbocycles. The second-order valence-corrected chi connectivity index (χ2v) is 6.53. The van der Waals surface area contributed by atoms with Crippen molar-refractivity contribution in [1.29, 1.82) is 0 Å². The Kier molecular flexibility index (Phi) is 8.51. The van der Waals surface area contributed by atoms with E-state index < -0.39 is 18.2 Å². The molecular formula is C20H20BrNO6. The summed E-state index contributed by atoms with van der Waals surface area (Å²) in [5.74, 6) is -0.649. The Bertz CT molecular complexity index is 822. The standard InChI is InChI=1S/C20H20BrNO6/c21-14-8-10-15(11-9-14)22-20(26)28-18(6-3-7-19(24)25)16-4-1-2-5-17(16)27-13-12-23/h1-5,7-11,18,23H,6,12-13H2,(H,22,26)(H,24,25)/b7-3+/t18-/m0/s1. The number of benzene rings is 2. The first-order valence-corrected chi connectivity index (χ1v) is 9.24. The summed E-state index contributed by atoms with van der Waals surface area (Å²) in [6.07, 6.45) is 1.07. The van der Waals surface area contributed by atoms with E-state index in [0.717, 1.165) is 10.5 Å². The number of hydrogen-bond acceptors (Lipinski definition) is 5. The molecule has 0 radical (unpaired) electrons. The van der Waals surface area contributed by atoms with Crippen LogP contribution in [0.3, 0.4) is 0 Å². The number of carboxylic acids is 1. The second kappa shape index (κ2) is 11.1. The highest BCUT2D eigenvalue weighted by molar-refractivity contribution is 9.10. The van der Waals surface area contributed by atoms with Crippen molar-refractivity contribution in [2.24, 2.45) is 0 Å². The van der Waals surface area contributed by atoms with Crippen molar-refractivity contribution < 1.29 is 29.3 Å². The number of para-hydroxylation sites is 1. The highest BCUT2D eigenvalue weighted by Crippen LogP contribution is 2.31. The molecule has 1 amide bonds. The third kappa shape index (κ3) is 7.05. The monoisotopic (exact) mass is 449 g/mol. The Labute approximate surface area is 170 Å². The molecule has 1 atom stereocenters. The smallest absolute Gasteiger partial charge is 0.412 e. The first kappa shape index (κ1) is 21.5. The first-order chi connectivity index (χ1) is 13.5. The van der Waals surface area contributed by atoms with Crippen molar-refractivity contribution in [3.8, 4) is 5.75 Å². The zero-order chi connectivity index (χ0) is 20.4. The number of aliphatic hydroxyl groups is 1. The molecule has 0 saturated heterocycles. The van der Waals surface area contributed by atoms with Crippen molar-refractivity contribution in [2.75, 3.05) is 18.5 Å². The Morgan fingerprint density at radius 2 is 1.86 bits per heavy atom. The van der Waals surface area contributed by atoms with E-state index in [0.29, 0.717) is 17.0 Å². The van der Waals surface area contributed by atoms with Crippen LogP contribution in [0.4, 0.5) is 10.5 Å². The summed E-state index contributed by atoms with van der Waals surface area (Å²) in [7, 11) is 0. The summed E-state index contributed by atoms with van der Waals surface area (Å²) >= 11 is 3.32. The van der Waals surface area contributed by atoms with Crippen molar-refractivity contribution in [2.45, 2.75) is 12.5 Å². The first-order valence-electron chi connectivity index (χ1n) is 8.45. The molecule has 0 bridgehead atoms. The lowest BCUT2D eigenvalue weighted by Crippen LogP contribution is -2.18. The molecule has 0 aromatic heterocycles. The third-order valence-corrected chi connectivity index (χ3v) is 4.09. The lowest BCUT2D eigenvalue weighted by molar-refractivity contribution is -0.131. The van der Waals surface area contributed by atoms with E-state index in [2.05, 4.69) is 21.2 Å². The minimum absolute atomic E-state index is 0.0831. The summed E-state index contributed by atoms with van der Waals surface area (Å²) in [5, 5.41) is 20.4. The number of hydrogen-bond donors (Lipinski definition) is 3. The number of aliphatic hydroxyl groups excluding tert-OH is 1. The molecule has 0 heterocycles. The summed E-state index contributed by atoms with van der Waals surface area (Å²) in [4.78, 5) is 23.1. The van der Waals surface area contributed by atoms with Crippen LogP contribution in [0.1, 0.15) is 18.1 Å². The molecule has 0 aliphatic heterocycles. The predicted molar refractivity (Wildman–Crippen MR) is 107 cm³/mol. The quantitative estimate of drug-likeness (QED) is 0.496. The van der Waals surface area contributed by atoms with E-state index >= 15 is 0 Å². The zero-order valence-electron chi connectivity index (χ0n) is 14.9. The molecule has 2 rings (SSSR count). The van der Waals surface area contributed by atoms with E-state index in [9.17, 15) is 9.59 Å². The van der Waals surface area contributed by atoms with Crippen molar-refractivity contribution in [3.63, 3.8) is 0 Å². The maximum Gasteiger partial charge on any atom is 0.412 e. The number of amides is 1. The van der Waals surface area contributed by atoms with Gasteiger partial charge in [-0.15, -0.1) is 0 Å². The Morgan fingerprint density at radius 3 is 2.54 bits per heavy atom. The van der Waals surface area contributed by atoms with Gasteiger partial charge in [-0.1, -0.05) is 40.2 Å². The molecule has 2 aromatic carbocycles. The van der Waals surface area contributed by atoms with Gasteiger partial charge in [-0.25, -0.2) is 9.59 Å². The van der Waals surface area contributed by atoms with Crippen molar-refractivity contribution >= 4 is 33.7 Å². The summed E-state index contributed by atoms with van der Waals surface area (Å²) in [6, 6.07) is 13.9. The molecule has 3 N–H and O–H groups in total. The number of carbonyl (C=O) groups excluding carboxylic acids is 1. The van der Waals surface area contributed by atoms with E-state index in [1.807, 2.05) is 0 Å². The SMILES string of the molecule is O=C(O)/C=C/C[C@H](OC(=O)Nc1ccc(Br)cc1)c1ccccc1OCCO. The average Bonchev–Trinajstić information content (AvgIpc) is 2.67. The molecule has 0 aliphatic rings. The Balaban J connectivity index is 2.18. The van der Waals surface area contributed by atoms with Crippen LogP contribution in [0, 0.1) is 0 Å². The maximum atomic E-state index is 12.3. The number of halogens is 1. The van der Waals surface area contributed by atoms with Crippen LogP contribution in [-0.2, 0) is 9.53 Å². The Hall–Kier alpha value is -2.84. The van der Waals surface area contributed by atoms with Crippen LogP contribution in [0.25, 0.3) is 0 Å². The molecule has 0 fully saturated rings. The molecule has 0 spiro atoms. The fraction of sp³-hybridized carbons (Fsp3) is 0.200. The normalized spacial score (nSPS) is 11.8. The highest BCUT2D eigenvalue weighted by Gasteiger charge is 2.20. The fourth-order valence-corrected chi connectivity index (χ4v) is 2.64. The molecule has 8 heteroatoms. The van der Waals surface area contributed by atoms with Crippen molar-refractivity contribution in [1.82, 2.24) is 0 Å². The topological polar surface area (TPSA) is 105 Å². The van der Waals surface area contributed by atoms with Gasteiger partial charge in [-0.2, -0.15) is 0 Å². The van der Waals surface area contributed by atoms with Crippen LogP contribution in [0.2, 0.25) is 0 Å². The molecule has 148 valence electrons. The third-order valence-electron chi connectivity index (χ3n) is 3.57. The van der Waals surface area contributed by atoms with Crippen LogP contribution < -0.4 is 10.1 Å². The number of ether oxygens (including phenoxy) is 2. The van der Waals surface area contributed by atoms with E-state index in [4.69, 9.17) is 19.7 Å².